The fraction of sp³-hybridized carbons (Fsp3) is 0.533. The summed E-state index contributed by atoms with van der Waals surface area (Å²) in [6.07, 6.45) is 3.05. The number of hydrogen-bond donors (Lipinski definition) is 1. The lowest BCUT2D eigenvalue weighted by molar-refractivity contribution is -0.131. The Morgan fingerprint density at radius 2 is 1.78 bits per heavy atom. The van der Waals surface area contributed by atoms with Gasteiger partial charge in [-0.3, -0.25) is 9.69 Å². The van der Waals surface area contributed by atoms with Gasteiger partial charge in [0.15, 0.2) is 0 Å². The number of para-hydroxylation sites is 1. The Bertz CT molecular complexity index is 441. The number of carbonyl (C=O) groups is 1. The third kappa shape index (κ3) is 2.03. The van der Waals surface area contributed by atoms with Gasteiger partial charge in [0.05, 0.1) is 0 Å². The van der Waals surface area contributed by atoms with E-state index in [1.807, 2.05) is 46.1 Å². The number of benzene rings is 1. The molecule has 0 unspecified atom stereocenters. The van der Waals surface area contributed by atoms with Gasteiger partial charge in [0.1, 0.15) is 5.54 Å². The van der Waals surface area contributed by atoms with E-state index in [2.05, 4.69) is 10.2 Å². The summed E-state index contributed by atoms with van der Waals surface area (Å²) in [6, 6.07) is 6.09. The number of carbonyl (C=O) groups excluding carboxylic acids is 1. The van der Waals surface area contributed by atoms with Gasteiger partial charge in [-0.25, -0.2) is 0 Å². The predicted octanol–water partition coefficient (Wildman–Crippen LogP) is 2.73. The van der Waals surface area contributed by atoms with Gasteiger partial charge < -0.3 is 5.32 Å². The molecule has 1 aliphatic rings. The van der Waals surface area contributed by atoms with Crippen molar-refractivity contribution in [3.8, 4) is 0 Å². The van der Waals surface area contributed by atoms with Crippen molar-refractivity contribution in [1.29, 1.82) is 0 Å². The predicted molar refractivity (Wildman–Crippen MR) is 74.8 cm³/mol. The van der Waals surface area contributed by atoms with Crippen LogP contribution < -0.4 is 5.32 Å². The van der Waals surface area contributed by atoms with E-state index >= 15 is 0 Å². The molecule has 0 heterocycles. The Morgan fingerprint density at radius 1 is 1.22 bits per heavy atom. The highest BCUT2D eigenvalue weighted by Crippen LogP contribution is 2.37. The molecule has 0 bridgehead atoms. The fourth-order valence-electron chi connectivity index (χ4n) is 2.63. The molecule has 1 amide bonds. The van der Waals surface area contributed by atoms with Crippen LogP contribution in [0.1, 0.15) is 30.4 Å². The molecule has 0 atom stereocenters. The van der Waals surface area contributed by atoms with Crippen molar-refractivity contribution in [2.75, 3.05) is 19.4 Å². The van der Waals surface area contributed by atoms with Crippen molar-refractivity contribution < 1.29 is 4.79 Å². The minimum absolute atomic E-state index is 0.135. The maximum absolute atomic E-state index is 12.5. The molecule has 0 spiro atoms. The lowest BCUT2D eigenvalue weighted by Gasteiger charge is -2.45. The second-order valence-corrected chi connectivity index (χ2v) is 5.50. The molecule has 1 fully saturated rings. The van der Waals surface area contributed by atoms with Crippen molar-refractivity contribution in [2.24, 2.45) is 0 Å². The average molecular weight is 246 g/mol. The first-order valence-electron chi connectivity index (χ1n) is 6.52. The summed E-state index contributed by atoms with van der Waals surface area (Å²) in [5.74, 6) is 0.135. The molecule has 0 aliphatic heterocycles. The number of aryl methyl sites for hydroxylation is 2. The van der Waals surface area contributed by atoms with E-state index in [1.54, 1.807) is 0 Å². The molecule has 2 rings (SSSR count). The highest BCUT2D eigenvalue weighted by molar-refractivity contribution is 5.99. The van der Waals surface area contributed by atoms with Gasteiger partial charge in [-0.2, -0.15) is 0 Å². The molecule has 98 valence electrons. The molecular weight excluding hydrogens is 224 g/mol. The quantitative estimate of drug-likeness (QED) is 0.889. The first kappa shape index (κ1) is 13.1. The van der Waals surface area contributed by atoms with Gasteiger partial charge in [0, 0.05) is 5.69 Å². The van der Waals surface area contributed by atoms with Crippen LogP contribution in [-0.2, 0) is 4.79 Å². The largest absolute Gasteiger partial charge is 0.324 e. The Kier molecular flexibility index (Phi) is 3.44. The van der Waals surface area contributed by atoms with Gasteiger partial charge in [-0.15, -0.1) is 0 Å². The zero-order valence-electron chi connectivity index (χ0n) is 11.7. The number of nitrogens with zero attached hydrogens (tertiary/aromatic N) is 1. The first-order chi connectivity index (χ1) is 8.47. The van der Waals surface area contributed by atoms with E-state index in [1.165, 1.54) is 0 Å². The highest BCUT2D eigenvalue weighted by atomic mass is 16.2. The summed E-state index contributed by atoms with van der Waals surface area (Å²) in [5.41, 5.74) is 2.91. The summed E-state index contributed by atoms with van der Waals surface area (Å²) in [6.45, 7) is 4.07. The van der Waals surface area contributed by atoms with Crippen molar-refractivity contribution in [1.82, 2.24) is 4.90 Å². The molecular formula is C15H22N2O. The lowest BCUT2D eigenvalue weighted by atomic mass is 9.75. The van der Waals surface area contributed by atoms with Crippen LogP contribution in [-0.4, -0.2) is 30.4 Å². The molecule has 3 heteroatoms. The van der Waals surface area contributed by atoms with E-state index in [-0.39, 0.29) is 11.4 Å². The second kappa shape index (κ2) is 4.73. The van der Waals surface area contributed by atoms with Crippen LogP contribution in [0.25, 0.3) is 0 Å². The molecule has 1 aromatic carbocycles. The van der Waals surface area contributed by atoms with Gasteiger partial charge in [-0.05, 0) is 58.3 Å². The van der Waals surface area contributed by atoms with E-state index in [0.29, 0.717) is 0 Å². The maximum atomic E-state index is 12.5. The van der Waals surface area contributed by atoms with Gasteiger partial charge in [0.25, 0.3) is 0 Å². The number of amides is 1. The summed E-state index contributed by atoms with van der Waals surface area (Å²) in [7, 11) is 3.98. The molecule has 3 nitrogen and oxygen atoms in total. The molecule has 0 radical (unpaired) electrons. The van der Waals surface area contributed by atoms with Crippen molar-refractivity contribution in [3.63, 3.8) is 0 Å². The first-order valence-corrected chi connectivity index (χ1v) is 6.52. The van der Waals surface area contributed by atoms with Gasteiger partial charge >= 0.3 is 0 Å². The summed E-state index contributed by atoms with van der Waals surface area (Å²) in [5, 5.41) is 3.12. The normalized spacial score (nSPS) is 17.4. The van der Waals surface area contributed by atoms with E-state index in [9.17, 15) is 4.79 Å². The molecule has 0 aromatic heterocycles. The molecule has 1 saturated carbocycles. The van der Waals surface area contributed by atoms with Crippen LogP contribution in [0.2, 0.25) is 0 Å². The van der Waals surface area contributed by atoms with Crippen LogP contribution in [0.4, 0.5) is 5.69 Å². The monoisotopic (exact) mass is 246 g/mol. The zero-order chi connectivity index (χ0) is 13.3. The number of anilines is 1. The number of rotatable bonds is 3. The summed E-state index contributed by atoms with van der Waals surface area (Å²) < 4.78 is 0. The van der Waals surface area contributed by atoms with E-state index < -0.39 is 0 Å². The standard InChI is InChI=1S/C15H22N2O/c1-11-7-5-8-12(2)13(11)16-14(18)15(17(3)4)9-6-10-15/h5,7-8H,6,9-10H2,1-4H3,(H,16,18). The minimum atomic E-state index is -0.297. The molecule has 18 heavy (non-hydrogen) atoms. The Balaban J connectivity index is 2.22. The van der Waals surface area contributed by atoms with E-state index in [4.69, 9.17) is 0 Å². The van der Waals surface area contributed by atoms with Crippen LogP contribution in [0.15, 0.2) is 18.2 Å². The topological polar surface area (TPSA) is 32.3 Å². The second-order valence-electron chi connectivity index (χ2n) is 5.50. The fourth-order valence-corrected chi connectivity index (χ4v) is 2.63. The number of likely N-dealkylation sites (N-methyl/N-ethyl adjacent to an activating group) is 1. The smallest absolute Gasteiger partial charge is 0.244 e. The average Bonchev–Trinajstić information content (AvgIpc) is 2.21. The van der Waals surface area contributed by atoms with Crippen LogP contribution in [0.5, 0.6) is 0 Å². The molecule has 1 N–H and O–H groups in total. The molecule has 1 aliphatic carbocycles. The Labute approximate surface area is 109 Å². The molecule has 1 aromatic rings. The Morgan fingerprint density at radius 3 is 2.17 bits per heavy atom. The van der Waals surface area contributed by atoms with Gasteiger partial charge in [-0.1, -0.05) is 18.2 Å². The van der Waals surface area contributed by atoms with Crippen LogP contribution in [0, 0.1) is 13.8 Å². The maximum Gasteiger partial charge on any atom is 0.244 e. The number of hydrogen-bond acceptors (Lipinski definition) is 2. The molecule has 0 saturated heterocycles. The Hall–Kier alpha value is -1.35. The highest BCUT2D eigenvalue weighted by Gasteiger charge is 2.46. The number of nitrogens with one attached hydrogen (secondary N) is 1. The van der Waals surface area contributed by atoms with Crippen molar-refractivity contribution >= 4 is 11.6 Å². The summed E-state index contributed by atoms with van der Waals surface area (Å²) in [4.78, 5) is 14.6. The van der Waals surface area contributed by atoms with Crippen molar-refractivity contribution in [2.45, 2.75) is 38.6 Å². The SMILES string of the molecule is Cc1cccc(C)c1NC(=O)C1(N(C)C)CCC1. The van der Waals surface area contributed by atoms with Gasteiger partial charge in [0.2, 0.25) is 5.91 Å². The summed E-state index contributed by atoms with van der Waals surface area (Å²) >= 11 is 0. The minimum Gasteiger partial charge on any atom is -0.324 e. The third-order valence-electron chi connectivity index (χ3n) is 4.18. The lowest BCUT2D eigenvalue weighted by Crippen LogP contribution is -2.58. The third-order valence-corrected chi connectivity index (χ3v) is 4.18. The zero-order valence-corrected chi connectivity index (χ0v) is 11.7. The van der Waals surface area contributed by atoms with Crippen molar-refractivity contribution in [3.05, 3.63) is 29.3 Å². The van der Waals surface area contributed by atoms with Crippen LogP contribution in [0.3, 0.4) is 0 Å². The van der Waals surface area contributed by atoms with Crippen LogP contribution >= 0.6 is 0 Å². The van der Waals surface area contributed by atoms with E-state index in [0.717, 1.165) is 36.1 Å².